The lowest BCUT2D eigenvalue weighted by molar-refractivity contribution is -0.126. The SMILES string of the molecule is N#CN1CCC(F)(C(=O)Nc2cnn(Cc3ccccc3)c2)C1. The van der Waals surface area contributed by atoms with Crippen molar-refractivity contribution in [2.45, 2.75) is 18.6 Å². The summed E-state index contributed by atoms with van der Waals surface area (Å²) in [5.41, 5.74) is -0.508. The molecule has 2 aromatic rings. The molecule has 1 unspecified atom stereocenters. The first-order valence-electron chi connectivity index (χ1n) is 7.30. The van der Waals surface area contributed by atoms with Gasteiger partial charge in [-0.3, -0.25) is 9.48 Å². The van der Waals surface area contributed by atoms with E-state index in [4.69, 9.17) is 5.26 Å². The maximum atomic E-state index is 14.6. The Morgan fingerprint density at radius 3 is 2.91 bits per heavy atom. The fourth-order valence-electron chi connectivity index (χ4n) is 2.57. The van der Waals surface area contributed by atoms with Crippen molar-refractivity contribution >= 4 is 11.6 Å². The van der Waals surface area contributed by atoms with Gasteiger partial charge in [-0.05, 0) is 5.56 Å². The van der Waals surface area contributed by atoms with Crippen molar-refractivity contribution in [2.75, 3.05) is 18.4 Å². The normalized spacial score (nSPS) is 20.3. The number of amides is 1. The van der Waals surface area contributed by atoms with E-state index in [0.717, 1.165) is 5.56 Å². The van der Waals surface area contributed by atoms with Gasteiger partial charge in [0.1, 0.15) is 0 Å². The quantitative estimate of drug-likeness (QED) is 0.873. The first-order chi connectivity index (χ1) is 11.1. The van der Waals surface area contributed by atoms with E-state index in [1.807, 2.05) is 36.5 Å². The number of hydrogen-bond donors (Lipinski definition) is 1. The molecule has 1 aromatic carbocycles. The Labute approximate surface area is 133 Å². The molecule has 1 fully saturated rings. The van der Waals surface area contributed by atoms with Gasteiger partial charge in [0.15, 0.2) is 6.19 Å². The van der Waals surface area contributed by atoms with Crippen LogP contribution in [0, 0.1) is 11.5 Å². The van der Waals surface area contributed by atoms with Crippen LogP contribution >= 0.6 is 0 Å². The first kappa shape index (κ1) is 15.0. The Morgan fingerprint density at radius 1 is 1.43 bits per heavy atom. The molecule has 1 amide bonds. The number of nitrogens with one attached hydrogen (secondary N) is 1. The number of aromatic nitrogens is 2. The van der Waals surface area contributed by atoms with Crippen LogP contribution in [0.5, 0.6) is 0 Å². The maximum absolute atomic E-state index is 14.6. The van der Waals surface area contributed by atoms with E-state index < -0.39 is 11.6 Å². The number of nitrogens with zero attached hydrogens (tertiary/aromatic N) is 4. The third kappa shape index (κ3) is 3.31. The van der Waals surface area contributed by atoms with Gasteiger partial charge in [-0.15, -0.1) is 0 Å². The monoisotopic (exact) mass is 313 g/mol. The van der Waals surface area contributed by atoms with Gasteiger partial charge in [0.05, 0.1) is 25.0 Å². The summed E-state index contributed by atoms with van der Waals surface area (Å²) in [5.74, 6) is -0.727. The molecule has 1 saturated heterocycles. The molecule has 0 bridgehead atoms. The standard InChI is InChI=1S/C16H16FN5O/c17-16(6-7-21(11-16)12-18)15(23)20-14-8-19-22(10-14)9-13-4-2-1-3-5-13/h1-5,8,10H,6-7,9,11H2,(H,20,23). The van der Waals surface area contributed by atoms with Crippen LogP contribution in [0.1, 0.15) is 12.0 Å². The average Bonchev–Trinajstić information content (AvgIpc) is 3.16. The Hall–Kier alpha value is -2.88. The third-order valence-corrected chi connectivity index (χ3v) is 3.85. The van der Waals surface area contributed by atoms with Crippen LogP contribution in [0.15, 0.2) is 42.7 Å². The topological polar surface area (TPSA) is 74.0 Å². The summed E-state index contributed by atoms with van der Waals surface area (Å²) < 4.78 is 16.2. The molecule has 6 nitrogen and oxygen atoms in total. The minimum absolute atomic E-state index is 0.0184. The van der Waals surface area contributed by atoms with Gasteiger partial charge >= 0.3 is 0 Å². The van der Waals surface area contributed by atoms with E-state index in [1.54, 1.807) is 10.9 Å². The number of hydrogen-bond acceptors (Lipinski definition) is 4. The molecule has 1 aliphatic heterocycles. The zero-order valence-electron chi connectivity index (χ0n) is 12.4. The Kier molecular flexibility index (Phi) is 3.98. The van der Waals surface area contributed by atoms with E-state index in [0.29, 0.717) is 12.2 Å². The van der Waals surface area contributed by atoms with Gasteiger partial charge in [-0.1, -0.05) is 30.3 Å². The van der Waals surface area contributed by atoms with Crippen molar-refractivity contribution in [3.8, 4) is 6.19 Å². The predicted molar refractivity (Wildman–Crippen MR) is 82.0 cm³/mol. The number of benzene rings is 1. The molecule has 1 aromatic heterocycles. The molecule has 0 spiro atoms. The predicted octanol–water partition coefficient (Wildman–Crippen LogP) is 1.76. The van der Waals surface area contributed by atoms with Crippen LogP contribution in [0.4, 0.5) is 10.1 Å². The second-order valence-corrected chi connectivity index (χ2v) is 5.60. The number of anilines is 1. The second kappa shape index (κ2) is 6.08. The van der Waals surface area contributed by atoms with E-state index in [1.165, 1.54) is 11.1 Å². The minimum atomic E-state index is -2.03. The fourth-order valence-corrected chi connectivity index (χ4v) is 2.57. The summed E-state index contributed by atoms with van der Waals surface area (Å²) in [6.45, 7) is 0.626. The number of rotatable bonds is 4. The highest BCUT2D eigenvalue weighted by molar-refractivity contribution is 5.97. The number of carbonyl (C=O) groups excluding carboxylic acids is 1. The lowest BCUT2D eigenvalue weighted by Crippen LogP contribution is -2.40. The van der Waals surface area contributed by atoms with Crippen molar-refractivity contribution in [1.82, 2.24) is 14.7 Å². The van der Waals surface area contributed by atoms with Crippen LogP contribution in [0.25, 0.3) is 0 Å². The van der Waals surface area contributed by atoms with Gasteiger partial charge in [0.25, 0.3) is 5.91 Å². The van der Waals surface area contributed by atoms with Gasteiger partial charge in [0.2, 0.25) is 5.67 Å². The van der Waals surface area contributed by atoms with Crippen LogP contribution < -0.4 is 5.32 Å². The highest BCUT2D eigenvalue weighted by Crippen LogP contribution is 2.26. The minimum Gasteiger partial charge on any atom is -0.321 e. The lowest BCUT2D eigenvalue weighted by atomic mass is 10.0. The molecule has 2 heterocycles. The molecule has 0 aliphatic carbocycles. The van der Waals surface area contributed by atoms with Crippen LogP contribution in [-0.4, -0.2) is 39.3 Å². The molecular formula is C16H16FN5O. The molecule has 3 rings (SSSR count). The molecule has 118 valence electrons. The summed E-state index contributed by atoms with van der Waals surface area (Å²) in [5, 5.41) is 15.5. The zero-order chi connectivity index (χ0) is 16.3. The molecule has 1 aliphatic rings. The van der Waals surface area contributed by atoms with Crippen LogP contribution in [-0.2, 0) is 11.3 Å². The first-order valence-corrected chi connectivity index (χ1v) is 7.30. The van der Waals surface area contributed by atoms with Crippen molar-refractivity contribution in [3.63, 3.8) is 0 Å². The van der Waals surface area contributed by atoms with E-state index in [2.05, 4.69) is 10.4 Å². The van der Waals surface area contributed by atoms with Gasteiger partial charge in [-0.25, -0.2) is 4.39 Å². The Bertz CT molecular complexity index is 738. The Balaban J connectivity index is 1.63. The molecule has 0 radical (unpaired) electrons. The fraction of sp³-hybridized carbons (Fsp3) is 0.312. The highest BCUT2D eigenvalue weighted by atomic mass is 19.1. The van der Waals surface area contributed by atoms with Crippen molar-refractivity contribution in [2.24, 2.45) is 0 Å². The molecule has 7 heteroatoms. The molecule has 1 atom stereocenters. The summed E-state index contributed by atoms with van der Waals surface area (Å²) in [4.78, 5) is 13.4. The van der Waals surface area contributed by atoms with Crippen molar-refractivity contribution in [3.05, 3.63) is 48.3 Å². The molecule has 23 heavy (non-hydrogen) atoms. The van der Waals surface area contributed by atoms with E-state index in [-0.39, 0.29) is 19.5 Å². The van der Waals surface area contributed by atoms with E-state index in [9.17, 15) is 9.18 Å². The smallest absolute Gasteiger partial charge is 0.264 e. The summed E-state index contributed by atoms with van der Waals surface area (Å²) in [6, 6.07) is 9.77. The van der Waals surface area contributed by atoms with Gasteiger partial charge in [0, 0.05) is 19.2 Å². The number of nitriles is 1. The summed E-state index contributed by atoms with van der Waals surface area (Å²) in [7, 11) is 0. The largest absolute Gasteiger partial charge is 0.321 e. The number of carbonyl (C=O) groups is 1. The van der Waals surface area contributed by atoms with Gasteiger partial charge in [-0.2, -0.15) is 10.4 Å². The second-order valence-electron chi connectivity index (χ2n) is 5.60. The highest BCUT2D eigenvalue weighted by Gasteiger charge is 2.45. The van der Waals surface area contributed by atoms with Crippen LogP contribution in [0.3, 0.4) is 0 Å². The van der Waals surface area contributed by atoms with E-state index >= 15 is 0 Å². The average molecular weight is 313 g/mol. The molecular weight excluding hydrogens is 297 g/mol. The number of alkyl halides is 1. The molecule has 0 saturated carbocycles. The van der Waals surface area contributed by atoms with Crippen LogP contribution in [0.2, 0.25) is 0 Å². The number of halogens is 1. The zero-order valence-corrected chi connectivity index (χ0v) is 12.4. The third-order valence-electron chi connectivity index (χ3n) is 3.85. The summed E-state index contributed by atoms with van der Waals surface area (Å²) in [6.07, 6.45) is 5.03. The number of likely N-dealkylation sites (tertiary alicyclic amines) is 1. The summed E-state index contributed by atoms with van der Waals surface area (Å²) >= 11 is 0. The lowest BCUT2D eigenvalue weighted by Gasteiger charge is -2.17. The molecule has 1 N–H and O–H groups in total. The maximum Gasteiger partial charge on any atom is 0.264 e. The Morgan fingerprint density at radius 2 is 2.22 bits per heavy atom. The van der Waals surface area contributed by atoms with Gasteiger partial charge < -0.3 is 10.2 Å². The van der Waals surface area contributed by atoms with Crippen molar-refractivity contribution < 1.29 is 9.18 Å². The van der Waals surface area contributed by atoms with Crippen molar-refractivity contribution in [1.29, 1.82) is 5.26 Å².